The number of benzene rings is 3. The predicted octanol–water partition coefficient (Wildman–Crippen LogP) is 5.56. The maximum atomic E-state index is 12.9. The van der Waals surface area contributed by atoms with Crippen molar-refractivity contribution in [3.05, 3.63) is 84.2 Å². The van der Waals surface area contributed by atoms with Gasteiger partial charge in [0.2, 0.25) is 0 Å². The Hall–Kier alpha value is -0.290. The first-order valence-electron chi connectivity index (χ1n) is 8.00. The summed E-state index contributed by atoms with van der Waals surface area (Å²) in [7, 11) is -4.12. The zero-order valence-electron chi connectivity index (χ0n) is 15.2. The van der Waals surface area contributed by atoms with E-state index in [4.69, 9.17) is 27.4 Å². The molecule has 0 saturated carbocycles. The van der Waals surface area contributed by atoms with Crippen LogP contribution in [0.25, 0.3) is 0 Å². The summed E-state index contributed by atoms with van der Waals surface area (Å²) < 4.78 is 32.0. The first-order valence-corrected chi connectivity index (χ1v) is 11.7. The summed E-state index contributed by atoms with van der Waals surface area (Å²) >= 11 is 18.8. The Morgan fingerprint density at radius 1 is 0.867 bits per heavy atom. The van der Waals surface area contributed by atoms with Crippen molar-refractivity contribution in [3.8, 4) is 11.5 Å². The molecule has 3 aromatic carbocycles. The summed E-state index contributed by atoms with van der Waals surface area (Å²) in [6.07, 6.45) is 0. The normalized spacial score (nSPS) is 16.0. The SMILES string of the molecule is O=S1(=O)OC(c2cc(Cl)c(O)c(Br)c2)(c2cc(Cl)c(O)c(Br)c2)c2ccccc21.[Na]. The average Bonchev–Trinajstić information content (AvgIpc) is 2.92. The molecule has 0 unspecified atom stereocenters. The van der Waals surface area contributed by atoms with Crippen LogP contribution in [0, 0.1) is 0 Å². The van der Waals surface area contributed by atoms with Crippen molar-refractivity contribution >= 4 is 94.7 Å². The molecule has 0 amide bonds. The van der Waals surface area contributed by atoms with Gasteiger partial charge in [-0.15, -0.1) is 0 Å². The average molecular weight is 604 g/mol. The second kappa shape index (κ2) is 8.57. The smallest absolute Gasteiger partial charge is 0.298 e. The van der Waals surface area contributed by atoms with Crippen LogP contribution in [0.1, 0.15) is 16.7 Å². The maximum Gasteiger partial charge on any atom is 0.298 e. The molecule has 30 heavy (non-hydrogen) atoms. The number of aromatic hydroxyl groups is 2. The number of halogens is 4. The quantitative estimate of drug-likeness (QED) is 0.296. The zero-order chi connectivity index (χ0) is 21.1. The molecule has 0 bridgehead atoms. The summed E-state index contributed by atoms with van der Waals surface area (Å²) in [4.78, 5) is 0.000592. The van der Waals surface area contributed by atoms with Crippen molar-refractivity contribution in [1.29, 1.82) is 0 Å². The van der Waals surface area contributed by atoms with Gasteiger partial charge in [0.15, 0.2) is 5.60 Å². The molecule has 4 rings (SSSR count). The standard InChI is InChI=1S/C19H10Br2Cl2O5S.Na/c20-12-5-9(7-14(22)17(12)24)19(10-6-13(21)18(25)15(23)8-10)11-3-1-2-4-16(11)29(26,27)28-19;/h1-8,24-25H;. The van der Waals surface area contributed by atoms with E-state index in [1.54, 1.807) is 18.2 Å². The molecule has 5 nitrogen and oxygen atoms in total. The fraction of sp³-hybridized carbons (Fsp3) is 0.0526. The molecule has 0 spiro atoms. The molecule has 0 fully saturated rings. The van der Waals surface area contributed by atoms with E-state index >= 15 is 0 Å². The Bertz CT molecular complexity index is 1180. The Balaban J connectivity index is 0.00000256. The molecule has 0 saturated heterocycles. The van der Waals surface area contributed by atoms with Crippen LogP contribution in [0.4, 0.5) is 0 Å². The molecule has 1 heterocycles. The molecule has 1 aliphatic rings. The Kier molecular flexibility index (Phi) is 6.96. The number of phenolic OH excluding ortho intramolecular Hbond substituents is 2. The van der Waals surface area contributed by atoms with Crippen molar-refractivity contribution in [2.24, 2.45) is 0 Å². The minimum atomic E-state index is -4.12. The zero-order valence-corrected chi connectivity index (χ0v) is 22.7. The fourth-order valence-electron chi connectivity index (χ4n) is 3.34. The van der Waals surface area contributed by atoms with Gasteiger partial charge in [0.05, 0.1) is 19.0 Å². The molecule has 11 heteroatoms. The fourth-order valence-corrected chi connectivity index (χ4v) is 6.36. The molecule has 3 aromatic rings. The van der Waals surface area contributed by atoms with Crippen LogP contribution in [-0.2, 0) is 19.9 Å². The molecule has 0 aromatic heterocycles. The molecular formula is C19H10Br2Cl2NaO5S. The number of phenols is 2. The minimum absolute atomic E-state index is 0. The van der Waals surface area contributed by atoms with Crippen LogP contribution in [0.5, 0.6) is 11.5 Å². The number of hydrogen-bond donors (Lipinski definition) is 2. The third-order valence-corrected chi connectivity index (χ3v) is 7.77. The van der Waals surface area contributed by atoms with Crippen molar-refractivity contribution in [3.63, 3.8) is 0 Å². The predicted molar refractivity (Wildman–Crippen MR) is 122 cm³/mol. The summed E-state index contributed by atoms with van der Waals surface area (Å²) in [5.41, 5.74) is -0.610. The number of fused-ring (bicyclic) bond motifs is 1. The maximum absolute atomic E-state index is 12.9. The Morgan fingerprint density at radius 2 is 1.33 bits per heavy atom. The van der Waals surface area contributed by atoms with Gasteiger partial charge in [0.1, 0.15) is 16.4 Å². The van der Waals surface area contributed by atoms with Gasteiger partial charge in [-0.3, -0.25) is 0 Å². The third-order valence-electron chi connectivity index (χ3n) is 4.62. The van der Waals surface area contributed by atoms with Gasteiger partial charge in [-0.2, -0.15) is 8.42 Å². The molecule has 0 atom stereocenters. The van der Waals surface area contributed by atoms with E-state index in [9.17, 15) is 18.6 Å². The van der Waals surface area contributed by atoms with Gasteiger partial charge in [-0.1, -0.05) is 41.4 Å². The van der Waals surface area contributed by atoms with Crippen LogP contribution >= 0.6 is 55.1 Å². The van der Waals surface area contributed by atoms with Gasteiger partial charge in [0.25, 0.3) is 10.1 Å². The second-order valence-corrected chi connectivity index (χ2v) is 10.3. The summed E-state index contributed by atoms with van der Waals surface area (Å²) in [5, 5.41) is 20.1. The van der Waals surface area contributed by atoms with E-state index in [1.165, 1.54) is 30.3 Å². The van der Waals surface area contributed by atoms with Crippen LogP contribution in [0.3, 0.4) is 0 Å². The Labute approximate surface area is 221 Å². The van der Waals surface area contributed by atoms with Crippen LogP contribution in [-0.4, -0.2) is 48.2 Å². The summed E-state index contributed by atoms with van der Waals surface area (Å²) in [5.74, 6) is -0.380. The topological polar surface area (TPSA) is 83.8 Å². The Morgan fingerprint density at radius 3 is 1.80 bits per heavy atom. The first kappa shape index (κ1) is 24.4. The van der Waals surface area contributed by atoms with Crippen LogP contribution in [0.15, 0.2) is 62.4 Å². The van der Waals surface area contributed by atoms with E-state index in [0.29, 0.717) is 16.7 Å². The van der Waals surface area contributed by atoms with Gasteiger partial charge in [-0.25, -0.2) is 4.18 Å². The first-order chi connectivity index (χ1) is 13.6. The van der Waals surface area contributed by atoms with Gasteiger partial charge >= 0.3 is 0 Å². The largest absolute Gasteiger partial charge is 0.505 e. The summed E-state index contributed by atoms with van der Waals surface area (Å²) in [6, 6.07) is 12.2. The van der Waals surface area contributed by atoms with Crippen LogP contribution < -0.4 is 0 Å². The molecule has 1 radical (unpaired) electrons. The second-order valence-electron chi connectivity index (χ2n) is 6.29. The van der Waals surface area contributed by atoms with E-state index in [-0.39, 0.29) is 64.9 Å². The molecular weight excluding hydrogens is 594 g/mol. The van der Waals surface area contributed by atoms with Gasteiger partial charge in [0, 0.05) is 35.1 Å². The van der Waals surface area contributed by atoms with Gasteiger partial charge in [-0.05, 0) is 73.3 Å². The minimum Gasteiger partial charge on any atom is -0.505 e. The molecule has 151 valence electrons. The number of rotatable bonds is 2. The van der Waals surface area contributed by atoms with E-state index in [0.717, 1.165) is 0 Å². The van der Waals surface area contributed by atoms with Crippen molar-refractivity contribution in [1.82, 2.24) is 0 Å². The van der Waals surface area contributed by atoms with E-state index in [1.807, 2.05) is 0 Å². The third kappa shape index (κ3) is 3.74. The van der Waals surface area contributed by atoms with Crippen molar-refractivity contribution < 1.29 is 22.8 Å². The van der Waals surface area contributed by atoms with E-state index in [2.05, 4.69) is 31.9 Å². The van der Waals surface area contributed by atoms with Crippen molar-refractivity contribution in [2.75, 3.05) is 0 Å². The number of hydrogen-bond acceptors (Lipinski definition) is 5. The molecule has 1 aliphatic heterocycles. The van der Waals surface area contributed by atoms with Crippen molar-refractivity contribution in [2.45, 2.75) is 10.5 Å². The molecule has 0 aliphatic carbocycles. The van der Waals surface area contributed by atoms with Gasteiger partial charge < -0.3 is 10.2 Å². The summed E-state index contributed by atoms with van der Waals surface area (Å²) in [6.45, 7) is 0. The van der Waals surface area contributed by atoms with Crippen LogP contribution in [0.2, 0.25) is 10.0 Å². The van der Waals surface area contributed by atoms with E-state index < -0.39 is 15.7 Å². The molecule has 2 N–H and O–H groups in total. The monoisotopic (exact) mass is 601 g/mol.